The van der Waals surface area contributed by atoms with Gasteiger partial charge >= 0.3 is 0 Å². The van der Waals surface area contributed by atoms with Crippen LogP contribution in [0.1, 0.15) is 61.5 Å². The van der Waals surface area contributed by atoms with E-state index < -0.39 is 5.54 Å². The molecule has 0 aliphatic heterocycles. The van der Waals surface area contributed by atoms with Crippen molar-refractivity contribution in [3.05, 3.63) is 83.9 Å². The fourth-order valence-corrected chi connectivity index (χ4v) is 4.83. The molecule has 1 aliphatic rings. The van der Waals surface area contributed by atoms with Crippen LogP contribution in [0.25, 0.3) is 22.4 Å². The van der Waals surface area contributed by atoms with Crippen LogP contribution in [-0.4, -0.2) is 27.5 Å². The summed E-state index contributed by atoms with van der Waals surface area (Å²) in [6, 6.07) is 24.5. The number of carbonyl (C=O) groups is 1. The second-order valence-corrected chi connectivity index (χ2v) is 10.4. The molecule has 3 aromatic carbocycles. The summed E-state index contributed by atoms with van der Waals surface area (Å²) < 4.78 is 8.35. The van der Waals surface area contributed by atoms with Gasteiger partial charge in [-0.25, -0.2) is 4.98 Å². The van der Waals surface area contributed by atoms with Crippen LogP contribution in [0, 0.1) is 0 Å². The first-order valence-electron chi connectivity index (χ1n) is 12.7. The zero-order valence-electron chi connectivity index (χ0n) is 21.9. The second-order valence-electron chi connectivity index (χ2n) is 10.4. The van der Waals surface area contributed by atoms with Crippen molar-refractivity contribution < 1.29 is 9.53 Å². The Labute approximate surface area is 236 Å². The molecule has 0 spiro atoms. The normalized spacial score (nSPS) is 13.6. The zero-order valence-corrected chi connectivity index (χ0v) is 23.5. The molecule has 3 N–H and O–H groups in total. The molecule has 0 unspecified atom stereocenters. The average molecular weight is 556 g/mol. The van der Waals surface area contributed by atoms with Crippen LogP contribution in [0.3, 0.4) is 0 Å². The summed E-state index contributed by atoms with van der Waals surface area (Å²) in [6.07, 6.45) is 4.74. The number of fused-ring (bicyclic) bond motifs is 1. The van der Waals surface area contributed by atoms with Crippen molar-refractivity contribution in [2.24, 2.45) is 5.73 Å². The number of amides is 1. The number of imidazole rings is 1. The molecule has 1 heterocycles. The number of nitrogens with zero attached hydrogens (tertiary/aromatic N) is 2. The lowest BCUT2D eigenvalue weighted by Crippen LogP contribution is -2.45. The van der Waals surface area contributed by atoms with Crippen molar-refractivity contribution in [1.82, 2.24) is 14.9 Å². The van der Waals surface area contributed by atoms with E-state index in [2.05, 4.69) is 34.1 Å². The number of rotatable bonds is 8. The van der Waals surface area contributed by atoms with E-state index in [0.717, 1.165) is 46.6 Å². The number of hydrogen-bond acceptors (Lipinski definition) is 4. The predicted molar refractivity (Wildman–Crippen MR) is 159 cm³/mol. The summed E-state index contributed by atoms with van der Waals surface area (Å²) in [5.41, 5.74) is 10.2. The molecule has 0 atom stereocenters. The van der Waals surface area contributed by atoms with Gasteiger partial charge in [0.15, 0.2) is 0 Å². The Kier molecular flexibility index (Phi) is 9.82. The number of benzene rings is 3. The van der Waals surface area contributed by atoms with Gasteiger partial charge in [0.05, 0.1) is 11.0 Å². The Morgan fingerprint density at radius 2 is 1.71 bits per heavy atom. The van der Waals surface area contributed by atoms with Crippen LogP contribution >= 0.6 is 24.8 Å². The summed E-state index contributed by atoms with van der Waals surface area (Å²) in [4.78, 5) is 17.8. The smallest absolute Gasteiger partial charge is 0.251 e. The van der Waals surface area contributed by atoms with Crippen LogP contribution in [-0.2, 0) is 6.61 Å². The lowest BCUT2D eigenvalue weighted by molar-refractivity contribution is 0.0946. The molecule has 1 fully saturated rings. The van der Waals surface area contributed by atoms with Gasteiger partial charge in [-0.2, -0.15) is 0 Å². The van der Waals surface area contributed by atoms with E-state index in [9.17, 15) is 4.79 Å². The van der Waals surface area contributed by atoms with Crippen molar-refractivity contribution in [2.75, 3.05) is 6.54 Å². The number of nitrogens with two attached hydrogens (primary N) is 1. The highest BCUT2D eigenvalue weighted by atomic mass is 35.5. The van der Waals surface area contributed by atoms with Gasteiger partial charge in [-0.1, -0.05) is 43.2 Å². The predicted octanol–water partition coefficient (Wildman–Crippen LogP) is 6.71. The zero-order chi connectivity index (χ0) is 25.1. The first kappa shape index (κ1) is 29.5. The minimum Gasteiger partial charge on any atom is -0.489 e. The number of nitrogens with one attached hydrogen (secondary N) is 1. The van der Waals surface area contributed by atoms with E-state index >= 15 is 0 Å². The van der Waals surface area contributed by atoms with E-state index in [4.69, 9.17) is 15.5 Å². The fourth-order valence-electron chi connectivity index (χ4n) is 4.83. The SMILES string of the molecule is CC(C)(N)CNC(=O)c1ccc2c(c1)nc(-c1ccc(OCc3ccccc3)cc1)n2C1CCCC1.Cl.Cl. The molecule has 0 radical (unpaired) electrons. The number of aromatic nitrogens is 2. The topological polar surface area (TPSA) is 82.2 Å². The van der Waals surface area contributed by atoms with Gasteiger partial charge in [-0.3, -0.25) is 4.79 Å². The maximum atomic E-state index is 12.7. The monoisotopic (exact) mass is 554 g/mol. The first-order valence-corrected chi connectivity index (χ1v) is 12.7. The highest BCUT2D eigenvalue weighted by Gasteiger charge is 2.24. The van der Waals surface area contributed by atoms with Gasteiger partial charge in [0.25, 0.3) is 5.91 Å². The van der Waals surface area contributed by atoms with Crippen molar-refractivity contribution in [2.45, 2.75) is 57.7 Å². The molecule has 1 amide bonds. The molecular weight excluding hydrogens is 519 g/mol. The minimum absolute atomic E-state index is 0. The van der Waals surface area contributed by atoms with Gasteiger partial charge in [0.2, 0.25) is 0 Å². The van der Waals surface area contributed by atoms with Crippen LogP contribution in [0.15, 0.2) is 72.8 Å². The number of ether oxygens (including phenoxy) is 1. The van der Waals surface area contributed by atoms with Gasteiger partial charge in [-0.15, -0.1) is 24.8 Å². The molecule has 4 aromatic rings. The Morgan fingerprint density at radius 3 is 2.37 bits per heavy atom. The first-order chi connectivity index (χ1) is 17.4. The second kappa shape index (κ2) is 12.7. The quantitative estimate of drug-likeness (QED) is 0.253. The van der Waals surface area contributed by atoms with Gasteiger partial charge in [-0.05, 0) is 74.7 Å². The molecule has 0 saturated heterocycles. The molecule has 5 rings (SSSR count). The Morgan fingerprint density at radius 1 is 1.03 bits per heavy atom. The molecule has 6 nitrogen and oxygen atoms in total. The van der Waals surface area contributed by atoms with E-state index in [1.807, 2.05) is 62.4 Å². The maximum absolute atomic E-state index is 12.7. The van der Waals surface area contributed by atoms with Crippen molar-refractivity contribution >= 4 is 41.8 Å². The van der Waals surface area contributed by atoms with E-state index in [1.54, 1.807) is 0 Å². The number of carbonyl (C=O) groups excluding carboxylic acids is 1. The highest BCUT2D eigenvalue weighted by molar-refractivity contribution is 5.98. The average Bonchev–Trinajstić information content (AvgIpc) is 3.54. The standard InChI is InChI=1S/C30H34N4O2.2ClH/c1-30(2,31)20-32-29(35)23-14-17-27-26(18-23)33-28(34(27)24-10-6-7-11-24)22-12-15-25(16-13-22)36-19-21-8-4-3-5-9-21;;/h3-5,8-9,12-18,24H,6-7,10-11,19-20,31H2,1-2H3,(H,32,35);2*1H. The van der Waals surface area contributed by atoms with E-state index in [0.29, 0.717) is 24.8 Å². The Hall–Kier alpha value is -3.06. The molecule has 202 valence electrons. The summed E-state index contributed by atoms with van der Waals surface area (Å²) in [7, 11) is 0. The van der Waals surface area contributed by atoms with Crippen LogP contribution in [0.4, 0.5) is 0 Å². The fraction of sp³-hybridized carbons (Fsp3) is 0.333. The van der Waals surface area contributed by atoms with Gasteiger partial charge < -0.3 is 20.4 Å². The van der Waals surface area contributed by atoms with Crippen molar-refractivity contribution in [1.29, 1.82) is 0 Å². The lowest BCUT2D eigenvalue weighted by Gasteiger charge is -2.19. The summed E-state index contributed by atoms with van der Waals surface area (Å²) in [5, 5.41) is 2.93. The van der Waals surface area contributed by atoms with E-state index in [-0.39, 0.29) is 30.7 Å². The molecule has 38 heavy (non-hydrogen) atoms. The summed E-state index contributed by atoms with van der Waals surface area (Å²) >= 11 is 0. The molecule has 1 saturated carbocycles. The molecule has 0 bridgehead atoms. The Balaban J connectivity index is 0.00000200. The molecular formula is C30H36Cl2N4O2. The van der Waals surface area contributed by atoms with Gasteiger partial charge in [0, 0.05) is 29.3 Å². The number of halogens is 2. The van der Waals surface area contributed by atoms with Crippen LogP contribution in [0.2, 0.25) is 0 Å². The summed E-state index contributed by atoms with van der Waals surface area (Å²) in [5.74, 6) is 1.63. The van der Waals surface area contributed by atoms with Crippen LogP contribution < -0.4 is 15.8 Å². The molecule has 1 aromatic heterocycles. The molecule has 1 aliphatic carbocycles. The maximum Gasteiger partial charge on any atom is 0.251 e. The Bertz CT molecular complexity index is 1340. The van der Waals surface area contributed by atoms with Crippen molar-refractivity contribution in [3.8, 4) is 17.1 Å². The third kappa shape index (κ3) is 6.87. The number of hydrogen-bond donors (Lipinski definition) is 2. The summed E-state index contributed by atoms with van der Waals surface area (Å²) in [6.45, 7) is 4.73. The van der Waals surface area contributed by atoms with Crippen molar-refractivity contribution in [3.63, 3.8) is 0 Å². The largest absolute Gasteiger partial charge is 0.489 e. The van der Waals surface area contributed by atoms with Crippen LogP contribution in [0.5, 0.6) is 5.75 Å². The third-order valence-electron chi connectivity index (χ3n) is 6.71. The minimum atomic E-state index is -0.464. The highest BCUT2D eigenvalue weighted by Crippen LogP contribution is 2.37. The molecule has 8 heteroatoms. The van der Waals surface area contributed by atoms with Gasteiger partial charge in [0.1, 0.15) is 18.2 Å². The van der Waals surface area contributed by atoms with E-state index in [1.165, 1.54) is 12.8 Å². The third-order valence-corrected chi connectivity index (χ3v) is 6.71. The lowest BCUT2D eigenvalue weighted by atomic mass is 10.1.